The van der Waals surface area contributed by atoms with Gasteiger partial charge in [-0.2, -0.15) is 0 Å². The molecule has 1 aromatic heterocycles. The molecule has 0 spiro atoms. The standard InChI is InChI=1S/C16H22N4OS2/c1-11(2)9-10-17-16(22)20-19-14(21)7-8-15-18-12-5-3-4-6-13(12)23-15/h3-6,11H,7-10H2,1-2H3,(H,19,21)(H2,17,20,22). The van der Waals surface area contributed by atoms with Crippen LogP contribution in [0.2, 0.25) is 0 Å². The number of hydrogen-bond donors (Lipinski definition) is 3. The zero-order valence-corrected chi connectivity index (χ0v) is 15.0. The second-order valence-electron chi connectivity index (χ2n) is 5.69. The van der Waals surface area contributed by atoms with E-state index in [2.05, 4.69) is 35.0 Å². The van der Waals surface area contributed by atoms with Gasteiger partial charge in [0.25, 0.3) is 0 Å². The lowest BCUT2D eigenvalue weighted by Gasteiger charge is -2.12. The molecule has 0 saturated heterocycles. The lowest BCUT2D eigenvalue weighted by molar-refractivity contribution is -0.121. The summed E-state index contributed by atoms with van der Waals surface area (Å²) < 4.78 is 1.15. The van der Waals surface area contributed by atoms with Crippen molar-refractivity contribution in [3.8, 4) is 0 Å². The topological polar surface area (TPSA) is 66.0 Å². The Balaban J connectivity index is 1.67. The largest absolute Gasteiger partial charge is 0.361 e. The van der Waals surface area contributed by atoms with Crippen LogP contribution < -0.4 is 16.2 Å². The average molecular weight is 351 g/mol. The smallest absolute Gasteiger partial charge is 0.238 e. The Bertz CT molecular complexity index is 636. The molecule has 2 rings (SSSR count). The summed E-state index contributed by atoms with van der Waals surface area (Å²) in [5.41, 5.74) is 6.32. The minimum absolute atomic E-state index is 0.0998. The first-order chi connectivity index (χ1) is 11.0. The number of aryl methyl sites for hydroxylation is 1. The van der Waals surface area contributed by atoms with Gasteiger partial charge in [-0.25, -0.2) is 4.98 Å². The Labute approximate surface area is 145 Å². The van der Waals surface area contributed by atoms with Crippen LogP contribution in [0.3, 0.4) is 0 Å². The highest BCUT2D eigenvalue weighted by molar-refractivity contribution is 7.80. The van der Waals surface area contributed by atoms with Gasteiger partial charge >= 0.3 is 0 Å². The van der Waals surface area contributed by atoms with Crippen LogP contribution in [0.5, 0.6) is 0 Å². The molecule has 0 unspecified atom stereocenters. The maximum atomic E-state index is 11.8. The number of rotatable bonds is 6. The molecule has 2 aromatic rings. The van der Waals surface area contributed by atoms with E-state index in [1.54, 1.807) is 11.3 Å². The van der Waals surface area contributed by atoms with Crippen LogP contribution >= 0.6 is 23.6 Å². The van der Waals surface area contributed by atoms with Crippen LogP contribution in [0, 0.1) is 5.92 Å². The highest BCUT2D eigenvalue weighted by atomic mass is 32.1. The van der Waals surface area contributed by atoms with Crippen molar-refractivity contribution in [1.29, 1.82) is 0 Å². The summed E-state index contributed by atoms with van der Waals surface area (Å²) >= 11 is 6.73. The van der Waals surface area contributed by atoms with Crippen LogP contribution in [0.15, 0.2) is 24.3 Å². The van der Waals surface area contributed by atoms with Gasteiger partial charge in [0.05, 0.1) is 15.2 Å². The van der Waals surface area contributed by atoms with Crippen LogP contribution in [0.4, 0.5) is 0 Å². The molecule has 0 fully saturated rings. The third-order valence-corrected chi connectivity index (χ3v) is 4.57. The van der Waals surface area contributed by atoms with Crippen LogP contribution in [-0.4, -0.2) is 22.5 Å². The Kier molecular flexibility index (Phi) is 6.73. The zero-order valence-electron chi connectivity index (χ0n) is 13.4. The van der Waals surface area contributed by atoms with Gasteiger partial charge in [0, 0.05) is 19.4 Å². The molecule has 3 N–H and O–H groups in total. The minimum Gasteiger partial charge on any atom is -0.361 e. The number of aromatic nitrogens is 1. The van der Waals surface area contributed by atoms with Crippen LogP contribution in [-0.2, 0) is 11.2 Å². The van der Waals surface area contributed by atoms with Gasteiger partial charge in [-0.1, -0.05) is 26.0 Å². The van der Waals surface area contributed by atoms with E-state index >= 15 is 0 Å². The van der Waals surface area contributed by atoms with Gasteiger partial charge < -0.3 is 5.32 Å². The van der Waals surface area contributed by atoms with Gasteiger partial charge in [-0.3, -0.25) is 15.6 Å². The first kappa shape index (κ1) is 17.6. The van der Waals surface area contributed by atoms with E-state index < -0.39 is 0 Å². The van der Waals surface area contributed by atoms with Crippen molar-refractivity contribution < 1.29 is 4.79 Å². The lowest BCUT2D eigenvalue weighted by Crippen LogP contribution is -2.47. The van der Waals surface area contributed by atoms with Crippen molar-refractivity contribution in [2.75, 3.05) is 6.54 Å². The monoisotopic (exact) mass is 350 g/mol. The van der Waals surface area contributed by atoms with Crippen LogP contribution in [0.1, 0.15) is 31.7 Å². The van der Waals surface area contributed by atoms with E-state index in [9.17, 15) is 4.79 Å². The molecule has 1 heterocycles. The van der Waals surface area contributed by atoms with Crippen molar-refractivity contribution in [2.24, 2.45) is 5.92 Å². The summed E-state index contributed by atoms with van der Waals surface area (Å²) in [6.45, 7) is 5.11. The van der Waals surface area contributed by atoms with Gasteiger partial charge in [-0.05, 0) is 36.7 Å². The number of thiazole rings is 1. The Morgan fingerprint density at radius 3 is 2.83 bits per heavy atom. The van der Waals surface area contributed by atoms with Gasteiger partial charge in [0.15, 0.2) is 5.11 Å². The van der Waals surface area contributed by atoms with E-state index in [-0.39, 0.29) is 5.91 Å². The van der Waals surface area contributed by atoms with E-state index in [0.717, 1.165) is 28.2 Å². The first-order valence-corrected chi connectivity index (χ1v) is 8.94. The van der Waals surface area contributed by atoms with Crippen molar-refractivity contribution >= 4 is 44.8 Å². The molecule has 0 aliphatic heterocycles. The second-order valence-corrected chi connectivity index (χ2v) is 7.21. The fourth-order valence-corrected chi connectivity index (χ4v) is 3.07. The zero-order chi connectivity index (χ0) is 16.7. The summed E-state index contributed by atoms with van der Waals surface area (Å²) in [7, 11) is 0. The average Bonchev–Trinajstić information content (AvgIpc) is 2.93. The fourth-order valence-electron chi connectivity index (χ4n) is 1.95. The molecule has 0 atom stereocenters. The van der Waals surface area contributed by atoms with Crippen molar-refractivity contribution in [1.82, 2.24) is 21.2 Å². The second kappa shape index (κ2) is 8.79. The minimum atomic E-state index is -0.0998. The summed E-state index contributed by atoms with van der Waals surface area (Å²) in [4.78, 5) is 16.4. The third kappa shape index (κ3) is 6.11. The Hall–Kier alpha value is -1.73. The highest BCUT2D eigenvalue weighted by Crippen LogP contribution is 2.22. The maximum absolute atomic E-state index is 11.8. The van der Waals surface area contributed by atoms with Crippen LogP contribution in [0.25, 0.3) is 10.2 Å². The molecular formula is C16H22N4OS2. The summed E-state index contributed by atoms with van der Waals surface area (Å²) in [5, 5.41) is 4.47. The molecule has 0 saturated carbocycles. The molecule has 5 nitrogen and oxygen atoms in total. The van der Waals surface area contributed by atoms with Crippen molar-refractivity contribution in [2.45, 2.75) is 33.1 Å². The van der Waals surface area contributed by atoms with Gasteiger partial charge in [0.1, 0.15) is 0 Å². The number of benzene rings is 1. The number of thiocarbonyl (C=S) groups is 1. The summed E-state index contributed by atoms with van der Waals surface area (Å²) in [6, 6.07) is 7.99. The third-order valence-electron chi connectivity index (χ3n) is 3.23. The molecule has 0 aliphatic rings. The predicted octanol–water partition coefficient (Wildman–Crippen LogP) is 2.77. The number of hydrogen-bond acceptors (Lipinski definition) is 4. The number of fused-ring (bicyclic) bond motifs is 1. The van der Waals surface area contributed by atoms with E-state index in [0.29, 0.717) is 23.9 Å². The quantitative estimate of drug-likeness (QED) is 0.552. The molecule has 7 heteroatoms. The Morgan fingerprint density at radius 2 is 2.09 bits per heavy atom. The predicted molar refractivity (Wildman–Crippen MR) is 99.3 cm³/mol. The summed E-state index contributed by atoms with van der Waals surface area (Å²) in [5.74, 6) is 0.519. The van der Waals surface area contributed by atoms with E-state index in [1.165, 1.54) is 0 Å². The highest BCUT2D eigenvalue weighted by Gasteiger charge is 2.07. The van der Waals surface area contributed by atoms with E-state index in [4.69, 9.17) is 12.2 Å². The number of carbonyl (C=O) groups excluding carboxylic acids is 1. The van der Waals surface area contributed by atoms with Crippen molar-refractivity contribution in [3.05, 3.63) is 29.3 Å². The molecule has 23 heavy (non-hydrogen) atoms. The molecule has 0 bridgehead atoms. The van der Waals surface area contributed by atoms with Gasteiger partial charge in [-0.15, -0.1) is 11.3 Å². The molecule has 1 amide bonds. The number of amides is 1. The molecule has 0 radical (unpaired) electrons. The SMILES string of the molecule is CC(C)CCNC(=S)NNC(=O)CCc1nc2ccccc2s1. The normalized spacial score (nSPS) is 10.7. The van der Waals surface area contributed by atoms with E-state index in [1.807, 2.05) is 24.3 Å². The lowest BCUT2D eigenvalue weighted by atomic mass is 10.1. The molecule has 124 valence electrons. The number of carbonyl (C=O) groups is 1. The number of nitrogens with one attached hydrogen (secondary N) is 3. The number of hydrazine groups is 1. The maximum Gasteiger partial charge on any atom is 0.238 e. The number of nitrogens with zero attached hydrogens (tertiary/aromatic N) is 1. The fraction of sp³-hybridized carbons (Fsp3) is 0.438. The first-order valence-electron chi connectivity index (χ1n) is 7.71. The molecule has 1 aromatic carbocycles. The van der Waals surface area contributed by atoms with Crippen molar-refractivity contribution in [3.63, 3.8) is 0 Å². The van der Waals surface area contributed by atoms with Gasteiger partial charge in [0.2, 0.25) is 5.91 Å². The Morgan fingerprint density at radius 1 is 1.30 bits per heavy atom. The number of para-hydroxylation sites is 1. The summed E-state index contributed by atoms with van der Waals surface area (Å²) in [6.07, 6.45) is 2.04. The molecular weight excluding hydrogens is 328 g/mol. The molecule has 0 aliphatic carbocycles.